The maximum Gasteiger partial charge on any atom is 0.326 e. The predicted octanol–water partition coefficient (Wildman–Crippen LogP) is 1.83. The fourth-order valence-electron chi connectivity index (χ4n) is 2.44. The monoisotopic (exact) mass is 311 g/mol. The van der Waals surface area contributed by atoms with Crippen molar-refractivity contribution in [3.05, 3.63) is 34.1 Å². The van der Waals surface area contributed by atoms with Crippen molar-refractivity contribution in [3.63, 3.8) is 0 Å². The smallest absolute Gasteiger partial charge is 0.326 e. The number of nitrogens with one attached hydrogen (secondary N) is 2. The van der Waals surface area contributed by atoms with Crippen molar-refractivity contribution in [2.75, 3.05) is 25.5 Å². The van der Waals surface area contributed by atoms with E-state index < -0.39 is 16.3 Å². The van der Waals surface area contributed by atoms with E-state index in [1.807, 2.05) is 0 Å². The number of hydrogen-bond donors (Lipinski definition) is 2. The van der Waals surface area contributed by atoms with Gasteiger partial charge in [0.1, 0.15) is 5.54 Å². The van der Waals surface area contributed by atoms with Gasteiger partial charge in [-0.1, -0.05) is 0 Å². The van der Waals surface area contributed by atoms with Crippen LogP contribution in [0.25, 0.3) is 0 Å². The van der Waals surface area contributed by atoms with Crippen LogP contribution in [0.5, 0.6) is 0 Å². The number of esters is 1. The summed E-state index contributed by atoms with van der Waals surface area (Å²) in [5.41, 5.74) is -0.724. The molecule has 1 saturated carbocycles. The Morgan fingerprint density at radius 1 is 1.45 bits per heavy atom. The number of non-ortho nitro benzene ring substituents is 1. The van der Waals surface area contributed by atoms with E-state index in [9.17, 15) is 19.3 Å². The lowest BCUT2D eigenvalue weighted by Crippen LogP contribution is -2.58. The van der Waals surface area contributed by atoms with Gasteiger partial charge < -0.3 is 15.4 Å². The first-order chi connectivity index (χ1) is 10.5. The molecule has 0 heterocycles. The number of methoxy groups -OCH3 is 1. The third-order valence-corrected chi connectivity index (χ3v) is 3.85. The number of benzene rings is 1. The minimum absolute atomic E-state index is 0.188. The summed E-state index contributed by atoms with van der Waals surface area (Å²) in [5.74, 6) is -0.958. The molecule has 7 nitrogen and oxygen atoms in total. The maximum atomic E-state index is 13.7. The topological polar surface area (TPSA) is 93.5 Å². The fraction of sp³-hybridized carbons (Fsp3) is 0.500. The number of carbonyl (C=O) groups is 1. The SMILES string of the molecule is COC(=O)C1(NCCNc2ccc([N+](=O)[O-])cc2F)CCC1. The first-order valence-electron chi connectivity index (χ1n) is 7.00. The van der Waals surface area contributed by atoms with Gasteiger partial charge in [-0.05, 0) is 25.3 Å². The van der Waals surface area contributed by atoms with E-state index in [2.05, 4.69) is 10.6 Å². The van der Waals surface area contributed by atoms with Crippen molar-refractivity contribution in [2.24, 2.45) is 0 Å². The van der Waals surface area contributed by atoms with Crippen molar-refractivity contribution < 1.29 is 18.8 Å². The van der Waals surface area contributed by atoms with Gasteiger partial charge in [0, 0.05) is 19.2 Å². The third-order valence-electron chi connectivity index (χ3n) is 3.85. The van der Waals surface area contributed by atoms with Crippen LogP contribution in [-0.4, -0.2) is 36.6 Å². The highest BCUT2D eigenvalue weighted by molar-refractivity contribution is 5.81. The standard InChI is InChI=1S/C14H18FN3O4/c1-22-13(19)14(5-2-6-14)17-8-7-16-12-4-3-10(18(20)21)9-11(12)15/h3-4,9,16-17H,2,5-8H2,1H3. The molecule has 1 aliphatic carbocycles. The number of nitrogens with zero attached hydrogens (tertiary/aromatic N) is 1. The van der Waals surface area contributed by atoms with Gasteiger partial charge in [-0.2, -0.15) is 0 Å². The van der Waals surface area contributed by atoms with E-state index >= 15 is 0 Å². The highest BCUT2D eigenvalue weighted by Crippen LogP contribution is 2.32. The van der Waals surface area contributed by atoms with Crippen molar-refractivity contribution in [3.8, 4) is 0 Å². The molecule has 1 aromatic carbocycles. The molecule has 120 valence electrons. The van der Waals surface area contributed by atoms with Crippen LogP contribution < -0.4 is 10.6 Å². The van der Waals surface area contributed by atoms with Gasteiger partial charge in [0.15, 0.2) is 5.82 Å². The lowest BCUT2D eigenvalue weighted by atomic mass is 9.77. The molecule has 2 N–H and O–H groups in total. The second-order valence-electron chi connectivity index (χ2n) is 5.20. The largest absolute Gasteiger partial charge is 0.468 e. The molecule has 22 heavy (non-hydrogen) atoms. The van der Waals surface area contributed by atoms with Gasteiger partial charge >= 0.3 is 5.97 Å². The molecule has 0 unspecified atom stereocenters. The number of carbonyl (C=O) groups excluding carboxylic acids is 1. The molecular weight excluding hydrogens is 293 g/mol. The lowest BCUT2D eigenvalue weighted by molar-refractivity contribution is -0.385. The van der Waals surface area contributed by atoms with E-state index in [1.54, 1.807) is 0 Å². The highest BCUT2D eigenvalue weighted by atomic mass is 19.1. The van der Waals surface area contributed by atoms with E-state index in [0.717, 1.165) is 25.3 Å². The second kappa shape index (κ2) is 6.69. The minimum Gasteiger partial charge on any atom is -0.468 e. The Hall–Kier alpha value is -2.22. The van der Waals surface area contributed by atoms with E-state index in [-0.39, 0.29) is 17.3 Å². The van der Waals surface area contributed by atoms with Gasteiger partial charge in [-0.25, -0.2) is 4.39 Å². The first-order valence-corrected chi connectivity index (χ1v) is 7.00. The minimum atomic E-state index is -0.680. The highest BCUT2D eigenvalue weighted by Gasteiger charge is 2.44. The van der Waals surface area contributed by atoms with Crippen LogP contribution >= 0.6 is 0 Å². The summed E-state index contributed by atoms with van der Waals surface area (Å²) in [6.07, 6.45) is 2.42. The van der Waals surface area contributed by atoms with Crippen molar-refractivity contribution >= 4 is 17.3 Å². The number of nitro groups is 1. The third kappa shape index (κ3) is 3.33. The van der Waals surface area contributed by atoms with Crippen LogP contribution in [0.15, 0.2) is 18.2 Å². The number of rotatable bonds is 7. The quantitative estimate of drug-likeness (QED) is 0.345. The lowest BCUT2D eigenvalue weighted by Gasteiger charge is -2.39. The Kier molecular flexibility index (Phi) is 4.92. The molecule has 0 aliphatic heterocycles. The van der Waals surface area contributed by atoms with E-state index in [1.165, 1.54) is 19.2 Å². The van der Waals surface area contributed by atoms with Crippen LogP contribution in [0.2, 0.25) is 0 Å². The van der Waals surface area contributed by atoms with Gasteiger partial charge in [0.2, 0.25) is 0 Å². The number of anilines is 1. The average Bonchev–Trinajstić information content (AvgIpc) is 2.46. The zero-order chi connectivity index (χ0) is 16.2. The predicted molar refractivity (Wildman–Crippen MR) is 78.1 cm³/mol. The molecule has 1 fully saturated rings. The Labute approximate surface area is 127 Å². The summed E-state index contributed by atoms with van der Waals surface area (Å²) in [7, 11) is 1.36. The second-order valence-corrected chi connectivity index (χ2v) is 5.20. The normalized spacial score (nSPS) is 15.7. The Balaban J connectivity index is 1.84. The molecule has 0 atom stereocenters. The first kappa shape index (κ1) is 16.2. The van der Waals surface area contributed by atoms with Gasteiger partial charge in [-0.15, -0.1) is 0 Å². The van der Waals surface area contributed by atoms with Crippen LogP contribution in [0.4, 0.5) is 15.8 Å². The van der Waals surface area contributed by atoms with Crippen molar-refractivity contribution in [2.45, 2.75) is 24.8 Å². The summed E-state index contributed by atoms with van der Waals surface area (Å²) in [6.45, 7) is 0.832. The van der Waals surface area contributed by atoms with E-state index in [4.69, 9.17) is 4.74 Å². The van der Waals surface area contributed by atoms with Crippen LogP contribution in [0.3, 0.4) is 0 Å². The molecule has 0 bridgehead atoms. The zero-order valence-corrected chi connectivity index (χ0v) is 12.2. The molecule has 1 aromatic rings. The average molecular weight is 311 g/mol. The Bertz CT molecular complexity index is 575. The molecular formula is C14H18FN3O4. The van der Waals surface area contributed by atoms with Crippen molar-refractivity contribution in [1.82, 2.24) is 5.32 Å². The Morgan fingerprint density at radius 2 is 2.18 bits per heavy atom. The molecule has 8 heteroatoms. The molecule has 1 aliphatic rings. The summed E-state index contributed by atoms with van der Waals surface area (Å²) in [6, 6.07) is 3.44. The number of nitro benzene ring substituents is 1. The number of hydrogen-bond acceptors (Lipinski definition) is 6. The number of halogens is 1. The Morgan fingerprint density at radius 3 is 2.68 bits per heavy atom. The molecule has 0 radical (unpaired) electrons. The maximum absolute atomic E-state index is 13.7. The fourth-order valence-corrected chi connectivity index (χ4v) is 2.44. The van der Waals surface area contributed by atoms with E-state index in [0.29, 0.717) is 13.1 Å². The van der Waals surface area contributed by atoms with Gasteiger partial charge in [-0.3, -0.25) is 14.9 Å². The van der Waals surface area contributed by atoms with Crippen LogP contribution in [0.1, 0.15) is 19.3 Å². The van der Waals surface area contributed by atoms with Crippen LogP contribution in [-0.2, 0) is 9.53 Å². The molecule has 0 spiro atoms. The van der Waals surface area contributed by atoms with Gasteiger partial charge in [0.05, 0.1) is 23.8 Å². The molecule has 0 saturated heterocycles. The summed E-state index contributed by atoms with van der Waals surface area (Å²) in [5, 5.41) is 16.5. The summed E-state index contributed by atoms with van der Waals surface area (Å²) < 4.78 is 18.5. The van der Waals surface area contributed by atoms with Crippen LogP contribution in [0, 0.1) is 15.9 Å². The zero-order valence-electron chi connectivity index (χ0n) is 12.2. The van der Waals surface area contributed by atoms with Gasteiger partial charge in [0.25, 0.3) is 5.69 Å². The summed E-state index contributed by atoms with van der Waals surface area (Å²) >= 11 is 0. The summed E-state index contributed by atoms with van der Waals surface area (Å²) in [4.78, 5) is 21.6. The molecule has 0 amide bonds. The molecule has 0 aromatic heterocycles. The molecule has 2 rings (SSSR count). The van der Waals surface area contributed by atoms with Crippen molar-refractivity contribution in [1.29, 1.82) is 0 Å². The number of ether oxygens (including phenoxy) is 1.